The van der Waals surface area contributed by atoms with Crippen molar-refractivity contribution >= 4 is 23.1 Å². The van der Waals surface area contributed by atoms with Gasteiger partial charge in [0.15, 0.2) is 0 Å². The average Bonchev–Trinajstić information content (AvgIpc) is 2.56. The van der Waals surface area contributed by atoms with E-state index >= 15 is 0 Å². The normalized spacial score (nSPS) is 22.9. The third-order valence-corrected chi connectivity index (χ3v) is 5.08. The average molecular weight is 256 g/mol. The predicted octanol–water partition coefficient (Wildman–Crippen LogP) is 2.05. The number of nitrogens with zero attached hydrogens (tertiary/aromatic N) is 1. The van der Waals surface area contributed by atoms with Crippen LogP contribution in [-0.4, -0.2) is 29.4 Å². The summed E-state index contributed by atoms with van der Waals surface area (Å²) in [5.41, 5.74) is 5.75. The molecule has 1 rings (SSSR count). The molecule has 1 amide bonds. The molecule has 0 saturated heterocycles. The van der Waals surface area contributed by atoms with Crippen LogP contribution in [0.3, 0.4) is 0 Å². The number of amides is 1. The van der Waals surface area contributed by atoms with E-state index in [4.69, 9.17) is 18.0 Å². The van der Waals surface area contributed by atoms with Gasteiger partial charge in [0.25, 0.3) is 0 Å². The van der Waals surface area contributed by atoms with Gasteiger partial charge in [-0.1, -0.05) is 46.8 Å². The number of nitrogens with two attached hydrogens (primary N) is 1. The van der Waals surface area contributed by atoms with Gasteiger partial charge in [0.05, 0.1) is 4.99 Å². The first-order valence-corrected chi connectivity index (χ1v) is 6.48. The van der Waals surface area contributed by atoms with Crippen LogP contribution in [0.15, 0.2) is 0 Å². The number of carbonyl (C=O) groups excluding carboxylic acids is 1. The number of rotatable bonds is 4. The van der Waals surface area contributed by atoms with Crippen LogP contribution in [0.2, 0.25) is 0 Å². The molecule has 1 unspecified atom stereocenters. The van der Waals surface area contributed by atoms with Crippen LogP contribution < -0.4 is 5.73 Å². The maximum Gasteiger partial charge on any atom is 0.226 e. The smallest absolute Gasteiger partial charge is 0.226 e. The highest BCUT2D eigenvalue weighted by Gasteiger charge is 2.68. The van der Waals surface area contributed by atoms with E-state index in [1.54, 1.807) is 4.90 Å². The van der Waals surface area contributed by atoms with Crippen LogP contribution in [0, 0.1) is 22.7 Å². The Balaban J connectivity index is 2.65. The molecule has 3 nitrogen and oxygen atoms in total. The van der Waals surface area contributed by atoms with Gasteiger partial charge < -0.3 is 10.6 Å². The Hall–Kier alpha value is -0.640. The van der Waals surface area contributed by atoms with Gasteiger partial charge in [-0.3, -0.25) is 4.79 Å². The number of hydrogen-bond donors (Lipinski definition) is 1. The topological polar surface area (TPSA) is 46.3 Å². The molecule has 0 spiro atoms. The zero-order valence-electron chi connectivity index (χ0n) is 11.7. The fourth-order valence-electron chi connectivity index (χ4n) is 2.62. The Bertz CT molecular complexity index is 335. The summed E-state index contributed by atoms with van der Waals surface area (Å²) in [5, 5.41) is 0. The SMILES string of the molecule is CC(CN(C)C(=O)C1C(C)(C)C1(C)C)C(N)=S. The van der Waals surface area contributed by atoms with Gasteiger partial charge in [0.1, 0.15) is 0 Å². The molecule has 1 aliphatic carbocycles. The monoisotopic (exact) mass is 256 g/mol. The largest absolute Gasteiger partial charge is 0.393 e. The fourth-order valence-corrected chi connectivity index (χ4v) is 2.70. The van der Waals surface area contributed by atoms with E-state index in [2.05, 4.69) is 27.7 Å². The minimum atomic E-state index is 0.0731. The molecule has 0 heterocycles. The van der Waals surface area contributed by atoms with Crippen LogP contribution in [0.5, 0.6) is 0 Å². The van der Waals surface area contributed by atoms with Gasteiger partial charge in [-0.25, -0.2) is 0 Å². The van der Waals surface area contributed by atoms with Crippen LogP contribution in [0.1, 0.15) is 34.6 Å². The highest BCUT2D eigenvalue weighted by atomic mass is 32.1. The van der Waals surface area contributed by atoms with Crippen molar-refractivity contribution in [2.75, 3.05) is 13.6 Å². The molecule has 1 aliphatic rings. The molecule has 0 aliphatic heterocycles. The van der Waals surface area contributed by atoms with Gasteiger partial charge in [-0.2, -0.15) is 0 Å². The molecule has 1 fully saturated rings. The van der Waals surface area contributed by atoms with Gasteiger partial charge >= 0.3 is 0 Å². The lowest BCUT2D eigenvalue weighted by atomic mass is 10.0. The van der Waals surface area contributed by atoms with Crippen molar-refractivity contribution in [3.8, 4) is 0 Å². The first-order chi connectivity index (χ1) is 7.53. The molecule has 1 atom stereocenters. The Morgan fingerprint density at radius 1 is 1.35 bits per heavy atom. The minimum absolute atomic E-state index is 0.0731. The zero-order chi connectivity index (χ0) is 13.6. The lowest BCUT2D eigenvalue weighted by Gasteiger charge is -2.22. The van der Waals surface area contributed by atoms with Gasteiger partial charge in [-0.15, -0.1) is 0 Å². The van der Waals surface area contributed by atoms with Crippen molar-refractivity contribution < 1.29 is 4.79 Å². The zero-order valence-corrected chi connectivity index (χ0v) is 12.5. The molecule has 17 heavy (non-hydrogen) atoms. The lowest BCUT2D eigenvalue weighted by Crippen LogP contribution is -2.37. The molecule has 0 bridgehead atoms. The first-order valence-electron chi connectivity index (χ1n) is 6.07. The molecule has 0 radical (unpaired) electrons. The van der Waals surface area contributed by atoms with Crippen molar-refractivity contribution in [1.29, 1.82) is 0 Å². The van der Waals surface area contributed by atoms with Gasteiger partial charge in [0, 0.05) is 25.4 Å². The fraction of sp³-hybridized carbons (Fsp3) is 0.846. The lowest BCUT2D eigenvalue weighted by molar-refractivity contribution is -0.132. The summed E-state index contributed by atoms with van der Waals surface area (Å²) in [7, 11) is 1.83. The molecule has 2 N–H and O–H groups in total. The standard InChI is InChI=1S/C13H24N2OS/c1-8(10(14)17)7-15(6)11(16)9-12(2,3)13(9,4)5/h8-9H,7H2,1-6H3,(H2,14,17). The predicted molar refractivity (Wildman–Crippen MR) is 74.6 cm³/mol. The second-order valence-corrected chi connectivity index (χ2v) is 6.87. The Labute approximate surface area is 110 Å². The third-order valence-electron chi connectivity index (χ3n) is 4.68. The molecule has 0 aromatic rings. The highest BCUT2D eigenvalue weighted by molar-refractivity contribution is 7.80. The van der Waals surface area contributed by atoms with Gasteiger partial charge in [0.2, 0.25) is 5.91 Å². The van der Waals surface area contributed by atoms with Crippen molar-refractivity contribution in [2.24, 2.45) is 28.4 Å². The molecular weight excluding hydrogens is 232 g/mol. The molecule has 4 heteroatoms. The molecular formula is C13H24N2OS. The van der Waals surface area contributed by atoms with E-state index in [1.807, 2.05) is 14.0 Å². The molecule has 98 valence electrons. The summed E-state index contributed by atoms with van der Waals surface area (Å²) in [5.74, 6) is 0.394. The summed E-state index contributed by atoms with van der Waals surface area (Å²) in [6, 6.07) is 0. The summed E-state index contributed by atoms with van der Waals surface area (Å²) < 4.78 is 0. The summed E-state index contributed by atoms with van der Waals surface area (Å²) in [6.45, 7) is 11.2. The Kier molecular flexibility index (Phi) is 3.59. The quantitative estimate of drug-likeness (QED) is 0.783. The van der Waals surface area contributed by atoms with Crippen LogP contribution in [0.4, 0.5) is 0 Å². The van der Waals surface area contributed by atoms with E-state index in [-0.39, 0.29) is 28.6 Å². The van der Waals surface area contributed by atoms with Crippen LogP contribution in [-0.2, 0) is 4.79 Å². The van der Waals surface area contributed by atoms with E-state index in [0.717, 1.165) is 0 Å². The van der Waals surface area contributed by atoms with E-state index in [0.29, 0.717) is 11.5 Å². The van der Waals surface area contributed by atoms with Crippen molar-refractivity contribution in [1.82, 2.24) is 4.90 Å². The Morgan fingerprint density at radius 3 is 2.06 bits per heavy atom. The van der Waals surface area contributed by atoms with E-state index < -0.39 is 0 Å². The number of carbonyl (C=O) groups is 1. The van der Waals surface area contributed by atoms with Gasteiger partial charge in [-0.05, 0) is 10.8 Å². The number of hydrogen-bond acceptors (Lipinski definition) is 2. The van der Waals surface area contributed by atoms with Crippen molar-refractivity contribution in [3.63, 3.8) is 0 Å². The van der Waals surface area contributed by atoms with Crippen LogP contribution >= 0.6 is 12.2 Å². The van der Waals surface area contributed by atoms with Crippen molar-refractivity contribution in [2.45, 2.75) is 34.6 Å². The second-order valence-electron chi connectivity index (χ2n) is 6.40. The maximum atomic E-state index is 12.3. The highest BCUT2D eigenvalue weighted by Crippen LogP contribution is 2.68. The Morgan fingerprint density at radius 2 is 1.76 bits per heavy atom. The minimum Gasteiger partial charge on any atom is -0.393 e. The maximum absolute atomic E-state index is 12.3. The third kappa shape index (κ3) is 2.32. The summed E-state index contributed by atoms with van der Waals surface area (Å²) in [4.78, 5) is 14.6. The van der Waals surface area contributed by atoms with E-state index in [1.165, 1.54) is 0 Å². The second kappa shape index (κ2) is 4.23. The molecule has 0 aromatic carbocycles. The number of thiocarbonyl (C=S) groups is 1. The first kappa shape index (κ1) is 14.4. The van der Waals surface area contributed by atoms with Crippen LogP contribution in [0.25, 0.3) is 0 Å². The summed E-state index contributed by atoms with van der Waals surface area (Å²) in [6.07, 6.45) is 0. The summed E-state index contributed by atoms with van der Waals surface area (Å²) >= 11 is 4.93. The molecule has 0 aromatic heterocycles. The van der Waals surface area contributed by atoms with E-state index in [9.17, 15) is 4.79 Å². The molecule has 1 saturated carbocycles. The van der Waals surface area contributed by atoms with Crippen molar-refractivity contribution in [3.05, 3.63) is 0 Å².